The van der Waals surface area contributed by atoms with Crippen molar-refractivity contribution in [2.45, 2.75) is 63.6 Å². The van der Waals surface area contributed by atoms with Gasteiger partial charge in [-0.2, -0.15) is 0 Å². The van der Waals surface area contributed by atoms with E-state index in [4.69, 9.17) is 11.6 Å². The van der Waals surface area contributed by atoms with Crippen molar-refractivity contribution in [1.29, 1.82) is 0 Å². The van der Waals surface area contributed by atoms with Crippen LogP contribution in [0.5, 0.6) is 0 Å². The van der Waals surface area contributed by atoms with E-state index in [1.807, 2.05) is 62.4 Å². The summed E-state index contributed by atoms with van der Waals surface area (Å²) in [6.07, 6.45) is 0.226. The fourth-order valence-electron chi connectivity index (χ4n) is 5.02. The largest absolute Gasteiger partial charge is 0.352 e. The van der Waals surface area contributed by atoms with Gasteiger partial charge in [0.1, 0.15) is 12.6 Å². The second kappa shape index (κ2) is 15.2. The maximum Gasteiger partial charge on any atom is 0.264 e. The Bertz CT molecular complexity index is 1680. The van der Waals surface area contributed by atoms with Gasteiger partial charge in [0.15, 0.2) is 0 Å². The van der Waals surface area contributed by atoms with Gasteiger partial charge < -0.3 is 10.2 Å². The molecular formula is C36H40ClN3O4S. The molecule has 0 aliphatic carbocycles. The number of anilines is 1. The minimum Gasteiger partial charge on any atom is -0.352 e. The van der Waals surface area contributed by atoms with Crippen LogP contribution in [0.2, 0.25) is 5.02 Å². The molecule has 0 radical (unpaired) electrons. The van der Waals surface area contributed by atoms with Crippen LogP contribution in [0.3, 0.4) is 0 Å². The summed E-state index contributed by atoms with van der Waals surface area (Å²) in [7, 11) is -4.16. The SMILES string of the molecule is CC(C)NC(=O)[C@H](Cc1ccccc1)N(Cc1ccccc1Cl)C(=O)CN(c1ccc(C(C)C)cc1)S(=O)(=O)c1ccccc1. The molecule has 2 amide bonds. The molecular weight excluding hydrogens is 606 g/mol. The minimum atomic E-state index is -4.16. The Morgan fingerprint density at radius 3 is 1.93 bits per heavy atom. The average Bonchev–Trinajstić information content (AvgIpc) is 3.02. The zero-order chi connectivity index (χ0) is 32.6. The fraction of sp³-hybridized carbons (Fsp3) is 0.278. The molecule has 236 valence electrons. The van der Waals surface area contributed by atoms with E-state index in [2.05, 4.69) is 19.2 Å². The molecule has 0 bridgehead atoms. The van der Waals surface area contributed by atoms with Gasteiger partial charge in [0.2, 0.25) is 11.8 Å². The van der Waals surface area contributed by atoms with Crippen molar-refractivity contribution >= 4 is 39.1 Å². The van der Waals surface area contributed by atoms with Crippen LogP contribution in [-0.4, -0.2) is 43.8 Å². The Morgan fingerprint density at radius 1 is 0.778 bits per heavy atom. The Hall–Kier alpha value is -4.14. The summed E-state index contributed by atoms with van der Waals surface area (Å²) in [5.74, 6) is -0.639. The van der Waals surface area contributed by atoms with E-state index in [9.17, 15) is 18.0 Å². The molecule has 0 unspecified atom stereocenters. The summed E-state index contributed by atoms with van der Waals surface area (Å²) >= 11 is 6.55. The van der Waals surface area contributed by atoms with Crippen LogP contribution in [0.4, 0.5) is 5.69 Å². The number of sulfonamides is 1. The molecule has 0 fully saturated rings. The fourth-order valence-corrected chi connectivity index (χ4v) is 6.65. The zero-order valence-electron chi connectivity index (χ0n) is 26.1. The van der Waals surface area contributed by atoms with Gasteiger partial charge in [-0.3, -0.25) is 13.9 Å². The number of carbonyl (C=O) groups is 2. The molecule has 9 heteroatoms. The topological polar surface area (TPSA) is 86.8 Å². The number of nitrogens with one attached hydrogen (secondary N) is 1. The van der Waals surface area contributed by atoms with E-state index < -0.39 is 28.5 Å². The van der Waals surface area contributed by atoms with Gasteiger partial charge in [0.25, 0.3) is 10.0 Å². The molecule has 0 heterocycles. The third kappa shape index (κ3) is 8.74. The average molecular weight is 646 g/mol. The van der Waals surface area contributed by atoms with Gasteiger partial charge in [-0.05, 0) is 66.8 Å². The van der Waals surface area contributed by atoms with Crippen molar-refractivity contribution in [2.24, 2.45) is 0 Å². The molecule has 0 aliphatic rings. The van der Waals surface area contributed by atoms with Gasteiger partial charge in [-0.15, -0.1) is 0 Å². The van der Waals surface area contributed by atoms with Crippen LogP contribution in [0.1, 0.15) is 50.3 Å². The first-order chi connectivity index (χ1) is 21.5. The van der Waals surface area contributed by atoms with Crippen LogP contribution >= 0.6 is 11.6 Å². The Kier molecular flexibility index (Phi) is 11.4. The van der Waals surface area contributed by atoms with Crippen LogP contribution in [0, 0.1) is 0 Å². The highest BCUT2D eigenvalue weighted by Gasteiger charge is 2.35. The highest BCUT2D eigenvalue weighted by Crippen LogP contribution is 2.27. The molecule has 0 spiro atoms. The number of rotatable bonds is 13. The standard InChI is InChI=1S/C36H40ClN3O4S/c1-26(2)29-19-21-31(22-20-29)40(45(43,44)32-16-9-6-10-17-32)25-35(41)39(24-30-15-11-12-18-33(30)37)34(36(42)38-27(3)4)23-28-13-7-5-8-14-28/h5-22,26-27,34H,23-25H2,1-4H3,(H,38,42)/t34-/m0/s1. The summed E-state index contributed by atoms with van der Waals surface area (Å²) in [6, 6.07) is 30.6. The van der Waals surface area contributed by atoms with Crippen LogP contribution < -0.4 is 9.62 Å². The number of carbonyl (C=O) groups excluding carboxylic acids is 2. The smallest absolute Gasteiger partial charge is 0.264 e. The van der Waals surface area contributed by atoms with Gasteiger partial charge in [-0.25, -0.2) is 8.42 Å². The quantitative estimate of drug-likeness (QED) is 0.173. The predicted molar refractivity (Wildman–Crippen MR) is 181 cm³/mol. The van der Waals surface area contributed by atoms with E-state index in [-0.39, 0.29) is 35.7 Å². The molecule has 4 rings (SSSR count). The predicted octanol–water partition coefficient (Wildman–Crippen LogP) is 6.82. The molecule has 0 saturated carbocycles. The molecule has 45 heavy (non-hydrogen) atoms. The maximum atomic E-state index is 14.5. The van der Waals surface area contributed by atoms with Gasteiger partial charge in [0.05, 0.1) is 10.6 Å². The first-order valence-electron chi connectivity index (χ1n) is 15.0. The zero-order valence-corrected chi connectivity index (χ0v) is 27.6. The first kappa shape index (κ1) is 33.7. The molecule has 4 aromatic rings. The highest BCUT2D eigenvalue weighted by molar-refractivity contribution is 7.92. The van der Waals surface area contributed by atoms with Crippen molar-refractivity contribution in [2.75, 3.05) is 10.8 Å². The molecule has 1 atom stereocenters. The van der Waals surface area contributed by atoms with Gasteiger partial charge in [0, 0.05) is 24.0 Å². The minimum absolute atomic E-state index is 0.00698. The number of nitrogens with zero attached hydrogens (tertiary/aromatic N) is 2. The number of hydrogen-bond donors (Lipinski definition) is 1. The molecule has 4 aromatic carbocycles. The Labute approximate surface area is 271 Å². The van der Waals surface area contributed by atoms with Crippen molar-refractivity contribution in [1.82, 2.24) is 10.2 Å². The summed E-state index contributed by atoms with van der Waals surface area (Å²) in [4.78, 5) is 29.8. The number of halogens is 1. The third-order valence-corrected chi connectivity index (χ3v) is 9.62. The van der Waals surface area contributed by atoms with Crippen LogP contribution in [0.25, 0.3) is 0 Å². The van der Waals surface area contributed by atoms with E-state index in [0.717, 1.165) is 15.4 Å². The summed E-state index contributed by atoms with van der Waals surface area (Å²) in [6.45, 7) is 7.30. The lowest BCUT2D eigenvalue weighted by Crippen LogP contribution is -2.54. The Morgan fingerprint density at radius 2 is 1.36 bits per heavy atom. The van der Waals surface area contributed by atoms with E-state index in [1.165, 1.54) is 17.0 Å². The first-order valence-corrected chi connectivity index (χ1v) is 16.8. The lowest BCUT2D eigenvalue weighted by molar-refractivity contribution is -0.140. The number of benzene rings is 4. The second-order valence-corrected chi connectivity index (χ2v) is 13.8. The maximum absolute atomic E-state index is 14.5. The molecule has 0 saturated heterocycles. The summed E-state index contributed by atoms with van der Waals surface area (Å²) in [5.41, 5.74) is 2.88. The van der Waals surface area contributed by atoms with Gasteiger partial charge >= 0.3 is 0 Å². The second-order valence-electron chi connectivity index (χ2n) is 11.6. The number of hydrogen-bond acceptors (Lipinski definition) is 4. The van der Waals surface area contributed by atoms with E-state index in [1.54, 1.807) is 48.5 Å². The lowest BCUT2D eigenvalue weighted by Gasteiger charge is -2.34. The van der Waals surface area contributed by atoms with Crippen LogP contribution in [0.15, 0.2) is 114 Å². The summed E-state index contributed by atoms with van der Waals surface area (Å²) in [5, 5.41) is 3.40. The summed E-state index contributed by atoms with van der Waals surface area (Å²) < 4.78 is 29.4. The van der Waals surface area contributed by atoms with Crippen molar-refractivity contribution in [3.63, 3.8) is 0 Å². The molecule has 0 aromatic heterocycles. The normalized spacial score (nSPS) is 12.2. The molecule has 1 N–H and O–H groups in total. The molecule has 7 nitrogen and oxygen atoms in total. The lowest BCUT2D eigenvalue weighted by atomic mass is 10.0. The van der Waals surface area contributed by atoms with Crippen molar-refractivity contribution in [3.05, 3.63) is 131 Å². The monoisotopic (exact) mass is 645 g/mol. The van der Waals surface area contributed by atoms with Crippen LogP contribution in [-0.2, 0) is 32.6 Å². The Balaban J connectivity index is 1.81. The third-order valence-electron chi connectivity index (χ3n) is 7.46. The van der Waals surface area contributed by atoms with Crippen molar-refractivity contribution in [3.8, 4) is 0 Å². The van der Waals surface area contributed by atoms with E-state index >= 15 is 0 Å². The van der Waals surface area contributed by atoms with E-state index in [0.29, 0.717) is 16.3 Å². The van der Waals surface area contributed by atoms with Gasteiger partial charge in [-0.1, -0.05) is 104 Å². The van der Waals surface area contributed by atoms with Crippen molar-refractivity contribution < 1.29 is 18.0 Å². The highest BCUT2D eigenvalue weighted by atomic mass is 35.5. The molecule has 0 aliphatic heterocycles. The number of amides is 2.